The first-order valence-corrected chi connectivity index (χ1v) is 12.3. The lowest BCUT2D eigenvalue weighted by molar-refractivity contribution is 0.0951. The van der Waals surface area contributed by atoms with E-state index >= 15 is 0 Å². The summed E-state index contributed by atoms with van der Waals surface area (Å²) >= 11 is 0. The van der Waals surface area contributed by atoms with Crippen molar-refractivity contribution in [3.05, 3.63) is 95.1 Å². The highest BCUT2D eigenvalue weighted by molar-refractivity contribution is 5.94. The zero-order valence-corrected chi connectivity index (χ0v) is 20.8. The lowest BCUT2D eigenvalue weighted by Gasteiger charge is -2.32. The summed E-state index contributed by atoms with van der Waals surface area (Å²) in [7, 11) is 2.17. The smallest absolute Gasteiger partial charge is 0.251 e. The summed E-state index contributed by atoms with van der Waals surface area (Å²) in [6.45, 7) is 7.83. The van der Waals surface area contributed by atoms with Crippen LogP contribution in [0.15, 0.2) is 77.2 Å². The number of benzene rings is 3. The number of nitrogens with zero attached hydrogens (tertiary/aromatic N) is 4. The minimum absolute atomic E-state index is 0.114. The van der Waals surface area contributed by atoms with Gasteiger partial charge in [0.2, 0.25) is 11.8 Å². The van der Waals surface area contributed by atoms with Gasteiger partial charge < -0.3 is 14.6 Å². The van der Waals surface area contributed by atoms with Crippen LogP contribution in [0.1, 0.15) is 27.0 Å². The number of nitrogens with one attached hydrogen (secondary N) is 1. The molecule has 36 heavy (non-hydrogen) atoms. The highest BCUT2D eigenvalue weighted by atomic mass is 16.4. The Morgan fingerprint density at radius 2 is 1.61 bits per heavy atom. The van der Waals surface area contributed by atoms with E-state index < -0.39 is 0 Å². The molecule has 1 aromatic heterocycles. The van der Waals surface area contributed by atoms with Gasteiger partial charge in [-0.1, -0.05) is 42.5 Å². The third kappa shape index (κ3) is 5.70. The second-order valence-electron chi connectivity index (χ2n) is 9.39. The third-order valence-electron chi connectivity index (χ3n) is 6.64. The second kappa shape index (κ2) is 10.8. The Kier molecular flexibility index (Phi) is 7.21. The molecule has 0 radical (unpaired) electrons. The Balaban J connectivity index is 1.18. The van der Waals surface area contributed by atoms with Crippen LogP contribution in [-0.2, 0) is 13.1 Å². The molecule has 7 heteroatoms. The standard InChI is InChI=1S/C29H31N5O2/c1-21-6-3-4-9-26(21)29-32-31-28(36-29)25-12-10-24(11-13-25)27(35)30-19-22-7-5-8-23(18-22)20-34-16-14-33(2)15-17-34/h3-13,18H,14-17,19-20H2,1-2H3,(H,30,35). The molecule has 0 atom stereocenters. The molecule has 1 amide bonds. The van der Waals surface area contributed by atoms with Crippen molar-refractivity contribution in [3.8, 4) is 22.9 Å². The van der Waals surface area contributed by atoms with Crippen LogP contribution in [0.25, 0.3) is 22.9 Å². The summed E-state index contributed by atoms with van der Waals surface area (Å²) in [6.07, 6.45) is 0. The Hall–Kier alpha value is -3.81. The van der Waals surface area contributed by atoms with Crippen LogP contribution in [0, 0.1) is 6.92 Å². The normalized spacial score (nSPS) is 14.6. The first kappa shape index (κ1) is 23.9. The predicted octanol–water partition coefficient (Wildman–Crippen LogP) is 4.39. The fourth-order valence-corrected chi connectivity index (χ4v) is 4.41. The van der Waals surface area contributed by atoms with Crippen LogP contribution in [0.4, 0.5) is 0 Å². The quantitative estimate of drug-likeness (QED) is 0.422. The number of carbonyl (C=O) groups excluding carboxylic acids is 1. The van der Waals surface area contributed by atoms with E-state index in [9.17, 15) is 4.79 Å². The number of aryl methyl sites for hydroxylation is 1. The van der Waals surface area contributed by atoms with Gasteiger partial charge in [0.1, 0.15) is 0 Å². The molecule has 3 aromatic carbocycles. The largest absolute Gasteiger partial charge is 0.416 e. The molecule has 1 fully saturated rings. The van der Waals surface area contributed by atoms with Gasteiger partial charge in [-0.15, -0.1) is 10.2 Å². The lowest BCUT2D eigenvalue weighted by atomic mass is 10.1. The van der Waals surface area contributed by atoms with E-state index in [-0.39, 0.29) is 5.91 Å². The van der Waals surface area contributed by atoms with Crippen molar-refractivity contribution < 1.29 is 9.21 Å². The van der Waals surface area contributed by atoms with Crippen molar-refractivity contribution in [1.29, 1.82) is 0 Å². The molecule has 1 aliphatic heterocycles. The summed E-state index contributed by atoms with van der Waals surface area (Å²) in [6, 6.07) is 23.6. The molecule has 1 aliphatic rings. The van der Waals surface area contributed by atoms with Crippen LogP contribution < -0.4 is 5.32 Å². The van der Waals surface area contributed by atoms with E-state index in [1.54, 1.807) is 12.1 Å². The molecule has 1 saturated heterocycles. The number of likely N-dealkylation sites (N-methyl/N-ethyl adjacent to an activating group) is 1. The molecule has 0 unspecified atom stereocenters. The number of amides is 1. The van der Waals surface area contributed by atoms with Gasteiger partial charge in [0, 0.05) is 56.0 Å². The molecule has 0 aliphatic carbocycles. The Bertz CT molecular complexity index is 1320. The number of hydrogen-bond acceptors (Lipinski definition) is 6. The molecular weight excluding hydrogens is 450 g/mol. The van der Waals surface area contributed by atoms with Crippen LogP contribution in [0.2, 0.25) is 0 Å². The average molecular weight is 482 g/mol. The maximum absolute atomic E-state index is 12.7. The first-order chi connectivity index (χ1) is 17.5. The Labute approximate surface area is 211 Å². The van der Waals surface area contributed by atoms with E-state index in [1.807, 2.05) is 43.3 Å². The van der Waals surface area contributed by atoms with E-state index in [4.69, 9.17) is 4.42 Å². The van der Waals surface area contributed by atoms with Gasteiger partial charge in [-0.25, -0.2) is 0 Å². The van der Waals surface area contributed by atoms with Crippen LogP contribution in [0.3, 0.4) is 0 Å². The van der Waals surface area contributed by atoms with Crippen LogP contribution in [0.5, 0.6) is 0 Å². The average Bonchev–Trinajstić information content (AvgIpc) is 3.39. The van der Waals surface area contributed by atoms with Crippen molar-refractivity contribution in [2.45, 2.75) is 20.0 Å². The number of piperazine rings is 1. The zero-order chi connectivity index (χ0) is 24.9. The van der Waals surface area contributed by atoms with E-state index in [2.05, 4.69) is 56.6 Å². The molecule has 0 saturated carbocycles. The summed E-state index contributed by atoms with van der Waals surface area (Å²) in [5.41, 5.74) is 5.73. The minimum atomic E-state index is -0.114. The van der Waals surface area contributed by atoms with E-state index in [0.29, 0.717) is 23.9 Å². The first-order valence-electron chi connectivity index (χ1n) is 12.3. The number of rotatable bonds is 7. The Morgan fingerprint density at radius 1 is 0.889 bits per heavy atom. The van der Waals surface area contributed by atoms with Crippen LogP contribution in [-0.4, -0.2) is 59.1 Å². The molecule has 1 N–H and O–H groups in total. The van der Waals surface area contributed by atoms with Crippen molar-refractivity contribution >= 4 is 5.91 Å². The number of aromatic nitrogens is 2. The van der Waals surface area contributed by atoms with Gasteiger partial charge in [-0.2, -0.15) is 0 Å². The topological polar surface area (TPSA) is 74.5 Å². The molecule has 5 rings (SSSR count). The number of carbonyl (C=O) groups is 1. The van der Waals surface area contributed by atoms with E-state index in [1.165, 1.54) is 5.56 Å². The van der Waals surface area contributed by atoms with Gasteiger partial charge in [-0.3, -0.25) is 9.69 Å². The molecule has 184 valence electrons. The zero-order valence-electron chi connectivity index (χ0n) is 20.8. The molecule has 0 bridgehead atoms. The molecule has 7 nitrogen and oxygen atoms in total. The van der Waals surface area contributed by atoms with Gasteiger partial charge in [-0.05, 0) is 61.0 Å². The maximum atomic E-state index is 12.7. The summed E-state index contributed by atoms with van der Waals surface area (Å²) in [5, 5.41) is 11.4. The van der Waals surface area contributed by atoms with Gasteiger partial charge in [0.25, 0.3) is 5.91 Å². The third-order valence-corrected chi connectivity index (χ3v) is 6.64. The van der Waals surface area contributed by atoms with Crippen LogP contribution >= 0.6 is 0 Å². The van der Waals surface area contributed by atoms with Crippen molar-refractivity contribution in [3.63, 3.8) is 0 Å². The summed E-state index contributed by atoms with van der Waals surface area (Å²) in [4.78, 5) is 17.6. The molecule has 4 aromatic rings. The lowest BCUT2D eigenvalue weighted by Crippen LogP contribution is -2.43. The fraction of sp³-hybridized carbons (Fsp3) is 0.276. The summed E-state index contributed by atoms with van der Waals surface area (Å²) < 4.78 is 5.88. The molecule has 2 heterocycles. The van der Waals surface area contributed by atoms with Gasteiger partial charge >= 0.3 is 0 Å². The molecule has 0 spiro atoms. The van der Waals surface area contributed by atoms with Gasteiger partial charge in [0.05, 0.1) is 0 Å². The highest BCUT2D eigenvalue weighted by Gasteiger charge is 2.15. The fourth-order valence-electron chi connectivity index (χ4n) is 4.41. The number of hydrogen-bond donors (Lipinski definition) is 1. The van der Waals surface area contributed by atoms with E-state index in [0.717, 1.165) is 55.0 Å². The Morgan fingerprint density at radius 3 is 2.39 bits per heavy atom. The second-order valence-corrected chi connectivity index (χ2v) is 9.39. The van der Waals surface area contributed by atoms with Gasteiger partial charge in [0.15, 0.2) is 0 Å². The highest BCUT2D eigenvalue weighted by Crippen LogP contribution is 2.26. The predicted molar refractivity (Wildman–Crippen MR) is 140 cm³/mol. The van der Waals surface area contributed by atoms with Crippen molar-refractivity contribution in [1.82, 2.24) is 25.3 Å². The van der Waals surface area contributed by atoms with Crippen molar-refractivity contribution in [2.75, 3.05) is 33.2 Å². The van der Waals surface area contributed by atoms with Crippen molar-refractivity contribution in [2.24, 2.45) is 0 Å². The monoisotopic (exact) mass is 481 g/mol. The summed E-state index contributed by atoms with van der Waals surface area (Å²) in [5.74, 6) is 0.800. The minimum Gasteiger partial charge on any atom is -0.416 e. The molecular formula is C29H31N5O2. The maximum Gasteiger partial charge on any atom is 0.251 e. The SMILES string of the molecule is Cc1ccccc1-c1nnc(-c2ccc(C(=O)NCc3cccc(CN4CCN(C)CC4)c3)cc2)o1.